The summed E-state index contributed by atoms with van der Waals surface area (Å²) >= 11 is 6.08. The van der Waals surface area contributed by atoms with E-state index in [1.807, 2.05) is 30.5 Å². The van der Waals surface area contributed by atoms with Gasteiger partial charge in [0.05, 0.1) is 10.7 Å². The Morgan fingerprint density at radius 3 is 2.86 bits per heavy atom. The van der Waals surface area contributed by atoms with E-state index in [2.05, 4.69) is 5.10 Å². The molecule has 72 valence electrons. The van der Waals surface area contributed by atoms with Crippen molar-refractivity contribution in [2.75, 3.05) is 0 Å². The number of rotatable bonds is 2. The SMILES string of the molecule is NCc1ccc(-n2cccn2)c(Cl)c1. The molecule has 3 nitrogen and oxygen atoms in total. The molecule has 0 aliphatic carbocycles. The minimum absolute atomic E-state index is 0.499. The van der Waals surface area contributed by atoms with Gasteiger partial charge >= 0.3 is 0 Å². The molecule has 2 aromatic rings. The van der Waals surface area contributed by atoms with E-state index in [0.717, 1.165) is 11.3 Å². The highest BCUT2D eigenvalue weighted by molar-refractivity contribution is 6.32. The average Bonchev–Trinajstić information content (AvgIpc) is 2.70. The molecule has 0 fully saturated rings. The molecule has 1 aromatic heterocycles. The van der Waals surface area contributed by atoms with Gasteiger partial charge in [0.2, 0.25) is 0 Å². The second kappa shape index (κ2) is 3.82. The van der Waals surface area contributed by atoms with Crippen molar-refractivity contribution < 1.29 is 0 Å². The number of benzene rings is 1. The smallest absolute Gasteiger partial charge is 0.0831 e. The number of aromatic nitrogens is 2. The Bertz CT molecular complexity index is 423. The molecule has 4 heteroatoms. The maximum Gasteiger partial charge on any atom is 0.0831 e. The molecular weight excluding hydrogens is 198 g/mol. The molecule has 0 amide bonds. The zero-order chi connectivity index (χ0) is 9.97. The fourth-order valence-corrected chi connectivity index (χ4v) is 1.56. The van der Waals surface area contributed by atoms with Gasteiger partial charge in [-0.3, -0.25) is 0 Å². The normalized spacial score (nSPS) is 10.4. The molecule has 0 bridgehead atoms. The van der Waals surface area contributed by atoms with Crippen LogP contribution < -0.4 is 5.73 Å². The van der Waals surface area contributed by atoms with Gasteiger partial charge in [-0.1, -0.05) is 17.7 Å². The van der Waals surface area contributed by atoms with Crippen molar-refractivity contribution in [2.24, 2.45) is 5.73 Å². The first-order valence-electron chi connectivity index (χ1n) is 4.30. The van der Waals surface area contributed by atoms with Crippen molar-refractivity contribution >= 4 is 11.6 Å². The quantitative estimate of drug-likeness (QED) is 0.819. The Morgan fingerprint density at radius 2 is 2.29 bits per heavy atom. The lowest BCUT2D eigenvalue weighted by Gasteiger charge is -2.05. The second-order valence-corrected chi connectivity index (χ2v) is 3.35. The predicted octanol–water partition coefficient (Wildman–Crippen LogP) is 1.98. The molecule has 0 atom stereocenters. The van der Waals surface area contributed by atoms with Gasteiger partial charge in [0.25, 0.3) is 0 Å². The minimum atomic E-state index is 0.499. The number of hydrogen-bond donors (Lipinski definition) is 1. The lowest BCUT2D eigenvalue weighted by Crippen LogP contribution is -1.99. The van der Waals surface area contributed by atoms with Gasteiger partial charge in [-0.2, -0.15) is 5.10 Å². The molecule has 0 saturated carbocycles. The predicted molar refractivity (Wildman–Crippen MR) is 56.5 cm³/mol. The molecule has 0 unspecified atom stereocenters. The topological polar surface area (TPSA) is 43.8 Å². The van der Waals surface area contributed by atoms with Crippen LogP contribution in [0.5, 0.6) is 0 Å². The molecule has 0 radical (unpaired) electrons. The molecule has 0 spiro atoms. The fourth-order valence-electron chi connectivity index (χ4n) is 1.27. The largest absolute Gasteiger partial charge is 0.326 e. The number of nitrogens with two attached hydrogens (primary N) is 1. The molecule has 0 aliphatic rings. The van der Waals surface area contributed by atoms with Crippen molar-refractivity contribution in [3.63, 3.8) is 0 Å². The summed E-state index contributed by atoms with van der Waals surface area (Å²) in [4.78, 5) is 0. The maximum atomic E-state index is 6.08. The third kappa shape index (κ3) is 1.64. The van der Waals surface area contributed by atoms with Crippen molar-refractivity contribution in [1.29, 1.82) is 0 Å². The molecule has 14 heavy (non-hydrogen) atoms. The van der Waals surface area contributed by atoms with Gasteiger partial charge in [-0.15, -0.1) is 0 Å². The van der Waals surface area contributed by atoms with Crippen LogP contribution in [0.15, 0.2) is 36.7 Å². The summed E-state index contributed by atoms with van der Waals surface area (Å²) in [5.74, 6) is 0. The maximum absolute atomic E-state index is 6.08. The Balaban J connectivity index is 2.46. The van der Waals surface area contributed by atoms with E-state index in [4.69, 9.17) is 17.3 Å². The third-order valence-electron chi connectivity index (χ3n) is 2.00. The molecule has 0 aliphatic heterocycles. The summed E-state index contributed by atoms with van der Waals surface area (Å²) in [6.07, 6.45) is 3.57. The number of hydrogen-bond acceptors (Lipinski definition) is 2. The second-order valence-electron chi connectivity index (χ2n) is 2.94. The van der Waals surface area contributed by atoms with Crippen LogP contribution in [0.4, 0.5) is 0 Å². The Hall–Kier alpha value is -1.32. The first-order valence-corrected chi connectivity index (χ1v) is 4.67. The van der Waals surface area contributed by atoms with E-state index in [1.165, 1.54) is 0 Å². The fraction of sp³-hybridized carbons (Fsp3) is 0.100. The molecular formula is C10H10ClN3. The van der Waals surface area contributed by atoms with Crippen LogP contribution in [0.2, 0.25) is 5.02 Å². The zero-order valence-corrected chi connectivity index (χ0v) is 8.28. The zero-order valence-electron chi connectivity index (χ0n) is 7.52. The Morgan fingerprint density at radius 1 is 1.43 bits per heavy atom. The van der Waals surface area contributed by atoms with Crippen LogP contribution in [0, 0.1) is 0 Å². The van der Waals surface area contributed by atoms with Crippen molar-refractivity contribution in [1.82, 2.24) is 9.78 Å². The minimum Gasteiger partial charge on any atom is -0.326 e. The van der Waals surface area contributed by atoms with Crippen molar-refractivity contribution in [2.45, 2.75) is 6.54 Å². The van der Waals surface area contributed by atoms with Crippen LogP contribution >= 0.6 is 11.6 Å². The summed E-state index contributed by atoms with van der Waals surface area (Å²) < 4.78 is 1.72. The lowest BCUT2D eigenvalue weighted by molar-refractivity contribution is 0.879. The van der Waals surface area contributed by atoms with Gasteiger partial charge in [-0.05, 0) is 23.8 Å². The summed E-state index contributed by atoms with van der Waals surface area (Å²) in [6.45, 7) is 0.499. The molecule has 2 rings (SSSR count). The van der Waals surface area contributed by atoms with E-state index in [0.29, 0.717) is 11.6 Å². The van der Waals surface area contributed by atoms with E-state index < -0.39 is 0 Å². The number of halogens is 1. The number of nitrogens with zero attached hydrogens (tertiary/aromatic N) is 2. The lowest BCUT2D eigenvalue weighted by atomic mass is 10.2. The summed E-state index contributed by atoms with van der Waals surface area (Å²) in [5.41, 5.74) is 7.40. The monoisotopic (exact) mass is 207 g/mol. The summed E-state index contributed by atoms with van der Waals surface area (Å²) in [7, 11) is 0. The first-order chi connectivity index (χ1) is 6.81. The van der Waals surface area contributed by atoms with Crippen LogP contribution in [-0.4, -0.2) is 9.78 Å². The van der Waals surface area contributed by atoms with Crippen LogP contribution in [-0.2, 0) is 6.54 Å². The van der Waals surface area contributed by atoms with E-state index in [-0.39, 0.29) is 0 Å². The molecule has 1 heterocycles. The summed E-state index contributed by atoms with van der Waals surface area (Å²) in [6, 6.07) is 7.58. The van der Waals surface area contributed by atoms with E-state index in [1.54, 1.807) is 10.9 Å². The van der Waals surface area contributed by atoms with Gasteiger partial charge in [0.15, 0.2) is 0 Å². The summed E-state index contributed by atoms with van der Waals surface area (Å²) in [5, 5.41) is 4.77. The average molecular weight is 208 g/mol. The molecule has 2 N–H and O–H groups in total. The highest BCUT2D eigenvalue weighted by Crippen LogP contribution is 2.20. The highest BCUT2D eigenvalue weighted by atomic mass is 35.5. The molecule has 0 saturated heterocycles. The van der Waals surface area contributed by atoms with Crippen LogP contribution in [0.1, 0.15) is 5.56 Å². The standard InChI is InChI=1S/C10H10ClN3/c11-9-6-8(7-12)2-3-10(9)14-5-1-4-13-14/h1-6H,7,12H2. The van der Waals surface area contributed by atoms with E-state index >= 15 is 0 Å². The molecule has 1 aromatic carbocycles. The van der Waals surface area contributed by atoms with Gasteiger partial charge in [0.1, 0.15) is 0 Å². The Kier molecular flexibility index (Phi) is 2.52. The Labute approximate surface area is 87.1 Å². The van der Waals surface area contributed by atoms with Crippen molar-refractivity contribution in [3.05, 3.63) is 47.2 Å². The van der Waals surface area contributed by atoms with Crippen molar-refractivity contribution in [3.8, 4) is 5.69 Å². The van der Waals surface area contributed by atoms with Gasteiger partial charge < -0.3 is 5.73 Å². The van der Waals surface area contributed by atoms with Crippen LogP contribution in [0.25, 0.3) is 5.69 Å². The highest BCUT2D eigenvalue weighted by Gasteiger charge is 2.02. The third-order valence-corrected chi connectivity index (χ3v) is 2.30. The van der Waals surface area contributed by atoms with Gasteiger partial charge in [-0.25, -0.2) is 4.68 Å². The van der Waals surface area contributed by atoms with Crippen LogP contribution in [0.3, 0.4) is 0 Å². The van der Waals surface area contributed by atoms with E-state index in [9.17, 15) is 0 Å². The van der Waals surface area contributed by atoms with Gasteiger partial charge in [0, 0.05) is 18.9 Å². The first kappa shape index (κ1) is 9.24.